The fraction of sp³-hybridized carbons (Fsp3) is 0.500. The van der Waals surface area contributed by atoms with Crippen LogP contribution in [0.15, 0.2) is 24.3 Å². The molecule has 0 saturated carbocycles. The number of carboxylic acids is 1. The maximum atomic E-state index is 12.7. The van der Waals surface area contributed by atoms with E-state index in [0.29, 0.717) is 13.1 Å². The van der Waals surface area contributed by atoms with Crippen LogP contribution in [0.25, 0.3) is 0 Å². The van der Waals surface area contributed by atoms with E-state index in [1.165, 1.54) is 4.90 Å². The number of likely N-dealkylation sites (N-methyl/N-ethyl adjacent to an activating group) is 1. The highest BCUT2D eigenvalue weighted by Crippen LogP contribution is 2.21. The van der Waals surface area contributed by atoms with E-state index in [2.05, 4.69) is 0 Å². The van der Waals surface area contributed by atoms with E-state index < -0.39 is 11.5 Å². The number of amides is 2. The van der Waals surface area contributed by atoms with E-state index in [-0.39, 0.29) is 6.03 Å². The Hall–Kier alpha value is -2.04. The number of carbonyl (C=O) groups is 2. The van der Waals surface area contributed by atoms with Gasteiger partial charge in [0.15, 0.2) is 0 Å². The molecule has 1 rings (SSSR count). The number of urea groups is 1. The van der Waals surface area contributed by atoms with Crippen molar-refractivity contribution in [3.05, 3.63) is 29.8 Å². The summed E-state index contributed by atoms with van der Waals surface area (Å²) < 4.78 is 0. The number of anilines is 1. The van der Waals surface area contributed by atoms with Crippen LogP contribution in [0, 0.1) is 6.92 Å². The molecule has 0 fully saturated rings. The quantitative estimate of drug-likeness (QED) is 0.907. The molecule has 0 aliphatic carbocycles. The smallest absolute Gasteiger partial charge is 0.329 e. The zero-order valence-electron chi connectivity index (χ0n) is 13.4. The molecular formula is C16H24N2O3. The topological polar surface area (TPSA) is 60.9 Å². The summed E-state index contributed by atoms with van der Waals surface area (Å²) in [5, 5.41) is 9.34. The molecule has 0 radical (unpaired) electrons. The minimum absolute atomic E-state index is 0.295. The van der Waals surface area contributed by atoms with Crippen LogP contribution in [0.2, 0.25) is 0 Å². The van der Waals surface area contributed by atoms with Gasteiger partial charge in [0.05, 0.1) is 0 Å². The molecule has 116 valence electrons. The summed E-state index contributed by atoms with van der Waals surface area (Å²) in [5.74, 6) is -1.02. The van der Waals surface area contributed by atoms with E-state index in [1.54, 1.807) is 25.7 Å². The molecule has 1 aromatic rings. The first-order chi connectivity index (χ1) is 9.75. The van der Waals surface area contributed by atoms with Gasteiger partial charge >= 0.3 is 12.0 Å². The fourth-order valence-electron chi connectivity index (χ4n) is 2.18. The van der Waals surface area contributed by atoms with Crippen molar-refractivity contribution in [2.45, 2.75) is 40.2 Å². The standard InChI is InChI=1S/C16H24N2O3/c1-6-17(13-10-8-12(3)9-11-13)15(21)18(7-2)16(4,5)14(19)20/h8-11H,6-7H2,1-5H3,(H,19,20). The average Bonchev–Trinajstić information content (AvgIpc) is 2.42. The van der Waals surface area contributed by atoms with Crippen LogP contribution in [0.5, 0.6) is 0 Å². The van der Waals surface area contributed by atoms with Crippen molar-refractivity contribution in [1.82, 2.24) is 4.90 Å². The van der Waals surface area contributed by atoms with Crippen LogP contribution < -0.4 is 4.90 Å². The number of nitrogens with zero attached hydrogens (tertiary/aromatic N) is 2. The van der Waals surface area contributed by atoms with Gasteiger partial charge in [-0.15, -0.1) is 0 Å². The molecule has 0 saturated heterocycles. The van der Waals surface area contributed by atoms with Gasteiger partial charge in [0.1, 0.15) is 5.54 Å². The monoisotopic (exact) mass is 292 g/mol. The zero-order valence-corrected chi connectivity index (χ0v) is 13.4. The highest BCUT2D eigenvalue weighted by molar-refractivity contribution is 5.95. The highest BCUT2D eigenvalue weighted by atomic mass is 16.4. The first-order valence-electron chi connectivity index (χ1n) is 7.14. The van der Waals surface area contributed by atoms with Crippen molar-refractivity contribution in [2.24, 2.45) is 0 Å². The van der Waals surface area contributed by atoms with Gasteiger partial charge in [0.2, 0.25) is 0 Å². The molecule has 0 aliphatic heterocycles. The molecule has 2 amide bonds. The van der Waals surface area contributed by atoms with Crippen molar-refractivity contribution in [1.29, 1.82) is 0 Å². The molecule has 0 unspecified atom stereocenters. The minimum Gasteiger partial charge on any atom is -0.480 e. The summed E-state index contributed by atoms with van der Waals surface area (Å²) >= 11 is 0. The van der Waals surface area contributed by atoms with E-state index in [9.17, 15) is 14.7 Å². The minimum atomic E-state index is -1.25. The van der Waals surface area contributed by atoms with Crippen LogP contribution in [0.4, 0.5) is 10.5 Å². The summed E-state index contributed by atoms with van der Waals surface area (Å²) in [6.45, 7) is 9.53. The van der Waals surface area contributed by atoms with E-state index in [4.69, 9.17) is 0 Å². The largest absolute Gasteiger partial charge is 0.480 e. The number of carbonyl (C=O) groups excluding carboxylic acids is 1. The van der Waals surface area contributed by atoms with Crippen LogP contribution in [-0.2, 0) is 4.79 Å². The van der Waals surface area contributed by atoms with Crippen molar-refractivity contribution in [3.63, 3.8) is 0 Å². The summed E-state index contributed by atoms with van der Waals surface area (Å²) in [6, 6.07) is 7.32. The van der Waals surface area contributed by atoms with Crippen molar-refractivity contribution < 1.29 is 14.7 Å². The third-order valence-electron chi connectivity index (χ3n) is 3.64. The Morgan fingerprint density at radius 2 is 1.62 bits per heavy atom. The lowest BCUT2D eigenvalue weighted by molar-refractivity contribution is -0.147. The predicted octanol–water partition coefficient (Wildman–Crippen LogP) is 3.13. The number of rotatable bonds is 5. The van der Waals surface area contributed by atoms with Crippen molar-refractivity contribution >= 4 is 17.7 Å². The van der Waals surface area contributed by atoms with Crippen LogP contribution in [-0.4, -0.2) is 40.6 Å². The molecule has 0 aliphatic rings. The highest BCUT2D eigenvalue weighted by Gasteiger charge is 2.38. The molecule has 21 heavy (non-hydrogen) atoms. The third kappa shape index (κ3) is 3.54. The molecule has 0 spiro atoms. The van der Waals surface area contributed by atoms with E-state index >= 15 is 0 Å². The van der Waals surface area contributed by atoms with Gasteiger partial charge in [-0.2, -0.15) is 0 Å². The molecule has 0 aromatic heterocycles. The van der Waals surface area contributed by atoms with Crippen LogP contribution >= 0.6 is 0 Å². The maximum Gasteiger partial charge on any atom is 0.329 e. The Bertz CT molecular complexity index is 509. The molecular weight excluding hydrogens is 268 g/mol. The maximum absolute atomic E-state index is 12.7. The molecule has 5 nitrogen and oxygen atoms in total. The van der Waals surface area contributed by atoms with Crippen molar-refractivity contribution in [3.8, 4) is 0 Å². The summed E-state index contributed by atoms with van der Waals surface area (Å²) in [7, 11) is 0. The van der Waals surface area contributed by atoms with Gasteiger partial charge in [-0.05, 0) is 46.8 Å². The van der Waals surface area contributed by atoms with E-state index in [1.807, 2.05) is 38.1 Å². The van der Waals surface area contributed by atoms with Crippen LogP contribution in [0.3, 0.4) is 0 Å². The second kappa shape index (κ2) is 6.61. The van der Waals surface area contributed by atoms with Crippen molar-refractivity contribution in [2.75, 3.05) is 18.0 Å². The Labute approximate surface area is 126 Å². The van der Waals surface area contributed by atoms with Gasteiger partial charge in [0, 0.05) is 18.8 Å². The number of benzene rings is 1. The molecule has 0 bridgehead atoms. The Kier molecular flexibility index (Phi) is 5.35. The SMILES string of the molecule is CCN(C(=O)N(CC)C(C)(C)C(=O)O)c1ccc(C)cc1. The summed E-state index contributed by atoms with van der Waals surface area (Å²) in [5.41, 5.74) is 0.637. The first-order valence-corrected chi connectivity index (χ1v) is 7.14. The lowest BCUT2D eigenvalue weighted by Gasteiger charge is -2.37. The predicted molar refractivity (Wildman–Crippen MR) is 83.7 cm³/mol. The number of carboxylic acid groups (broad SMARTS) is 1. The van der Waals surface area contributed by atoms with E-state index in [0.717, 1.165) is 11.3 Å². The normalized spacial score (nSPS) is 11.1. The molecule has 1 aromatic carbocycles. The first kappa shape index (κ1) is 17.0. The lowest BCUT2D eigenvalue weighted by atomic mass is 10.0. The zero-order chi connectivity index (χ0) is 16.2. The lowest BCUT2D eigenvalue weighted by Crippen LogP contribution is -2.57. The second-order valence-corrected chi connectivity index (χ2v) is 5.47. The molecule has 5 heteroatoms. The van der Waals surface area contributed by atoms with Gasteiger partial charge in [-0.3, -0.25) is 4.90 Å². The Balaban J connectivity index is 3.12. The average molecular weight is 292 g/mol. The van der Waals surface area contributed by atoms with Gasteiger partial charge in [0.25, 0.3) is 0 Å². The number of hydrogen-bond donors (Lipinski definition) is 1. The molecule has 0 atom stereocenters. The van der Waals surface area contributed by atoms with Gasteiger partial charge in [-0.1, -0.05) is 17.7 Å². The number of aliphatic carboxylic acids is 1. The third-order valence-corrected chi connectivity index (χ3v) is 3.64. The Morgan fingerprint density at radius 3 is 2.00 bits per heavy atom. The van der Waals surface area contributed by atoms with Crippen LogP contribution in [0.1, 0.15) is 33.3 Å². The number of hydrogen-bond acceptors (Lipinski definition) is 2. The number of aryl methyl sites for hydroxylation is 1. The summed E-state index contributed by atoms with van der Waals surface area (Å²) in [6.07, 6.45) is 0. The van der Waals surface area contributed by atoms with Gasteiger partial charge < -0.3 is 10.0 Å². The Morgan fingerprint density at radius 1 is 1.10 bits per heavy atom. The fourth-order valence-corrected chi connectivity index (χ4v) is 2.18. The second-order valence-electron chi connectivity index (χ2n) is 5.47. The van der Waals surface area contributed by atoms with Gasteiger partial charge in [-0.25, -0.2) is 9.59 Å². The summed E-state index contributed by atoms with van der Waals surface area (Å²) in [4.78, 5) is 27.1. The molecule has 0 heterocycles. The molecule has 1 N–H and O–H groups in total.